The van der Waals surface area contributed by atoms with Gasteiger partial charge in [-0.2, -0.15) is 4.31 Å². The van der Waals surface area contributed by atoms with E-state index in [0.717, 1.165) is 4.90 Å². The van der Waals surface area contributed by atoms with E-state index in [1.807, 2.05) is 12.1 Å². The molecule has 1 aliphatic heterocycles. The summed E-state index contributed by atoms with van der Waals surface area (Å²) < 4.78 is 31.8. The third kappa shape index (κ3) is 4.66. The number of hydrogen-bond acceptors (Lipinski definition) is 5. The first-order chi connectivity index (χ1) is 12.5. The van der Waals surface area contributed by atoms with Crippen LogP contribution < -0.4 is 0 Å². The van der Waals surface area contributed by atoms with Gasteiger partial charge >= 0.3 is 0 Å². The summed E-state index contributed by atoms with van der Waals surface area (Å²) in [6, 6.07) is 13.4. The van der Waals surface area contributed by atoms with E-state index in [4.69, 9.17) is 16.3 Å². The van der Waals surface area contributed by atoms with E-state index >= 15 is 0 Å². The minimum atomic E-state index is -3.54. The van der Waals surface area contributed by atoms with E-state index in [1.165, 1.54) is 28.2 Å². The van der Waals surface area contributed by atoms with Crippen LogP contribution in [0.15, 0.2) is 58.3 Å². The summed E-state index contributed by atoms with van der Waals surface area (Å²) in [5.74, 6) is 0.220. The van der Waals surface area contributed by atoms with Gasteiger partial charge in [0.25, 0.3) is 0 Å². The highest BCUT2D eigenvalue weighted by Gasteiger charge is 2.26. The number of ether oxygens (including phenoxy) is 1. The fraction of sp³-hybridized carbons (Fsp3) is 0.278. The maximum Gasteiger partial charge on any atom is 0.243 e. The number of halogens is 1. The minimum absolute atomic E-state index is 0.0553. The molecular formula is C18H18ClNO4S2. The van der Waals surface area contributed by atoms with E-state index in [-0.39, 0.29) is 16.4 Å². The summed E-state index contributed by atoms with van der Waals surface area (Å²) in [6.45, 7) is 1.50. The van der Waals surface area contributed by atoms with Gasteiger partial charge in [0, 0.05) is 28.6 Å². The van der Waals surface area contributed by atoms with Crippen molar-refractivity contribution in [3.05, 3.63) is 59.1 Å². The number of carbonyl (C=O) groups is 1. The van der Waals surface area contributed by atoms with Crippen LogP contribution in [0.3, 0.4) is 0 Å². The third-order valence-electron chi connectivity index (χ3n) is 3.97. The Morgan fingerprint density at radius 3 is 2.27 bits per heavy atom. The standard InChI is InChI=1S/C18H18ClNO4S2/c19-15-3-5-16(6-4-15)25-13-18(21)14-1-7-17(8-2-14)26(22,23)20-9-11-24-12-10-20/h1-8H,9-13H2. The van der Waals surface area contributed by atoms with Crippen LogP contribution in [0.25, 0.3) is 0 Å². The summed E-state index contributed by atoms with van der Waals surface area (Å²) in [5, 5.41) is 0.651. The number of sulfonamides is 1. The second-order valence-corrected chi connectivity index (χ2v) is 9.13. The largest absolute Gasteiger partial charge is 0.379 e. The third-order valence-corrected chi connectivity index (χ3v) is 7.14. The van der Waals surface area contributed by atoms with Crippen LogP contribution in [0.4, 0.5) is 0 Å². The van der Waals surface area contributed by atoms with E-state index in [2.05, 4.69) is 0 Å². The molecule has 2 aromatic rings. The van der Waals surface area contributed by atoms with Gasteiger partial charge < -0.3 is 4.74 Å². The van der Waals surface area contributed by atoms with Gasteiger partial charge in [-0.3, -0.25) is 4.79 Å². The summed E-state index contributed by atoms with van der Waals surface area (Å²) in [5.41, 5.74) is 0.493. The lowest BCUT2D eigenvalue weighted by atomic mass is 10.1. The van der Waals surface area contributed by atoms with Gasteiger partial charge in [-0.25, -0.2) is 8.42 Å². The van der Waals surface area contributed by atoms with E-state index < -0.39 is 10.0 Å². The van der Waals surface area contributed by atoms with Gasteiger partial charge in [0.15, 0.2) is 5.78 Å². The summed E-state index contributed by atoms with van der Waals surface area (Å²) in [7, 11) is -3.54. The average Bonchev–Trinajstić information content (AvgIpc) is 2.68. The maximum atomic E-state index is 12.6. The Morgan fingerprint density at radius 2 is 1.65 bits per heavy atom. The normalized spacial score (nSPS) is 15.7. The molecule has 0 radical (unpaired) electrons. The fourth-order valence-electron chi connectivity index (χ4n) is 2.51. The van der Waals surface area contributed by atoms with Crippen LogP contribution >= 0.6 is 23.4 Å². The van der Waals surface area contributed by atoms with Crippen molar-refractivity contribution in [1.29, 1.82) is 0 Å². The number of rotatable bonds is 6. The molecule has 1 fully saturated rings. The van der Waals surface area contributed by atoms with Crippen LogP contribution in [-0.4, -0.2) is 50.6 Å². The second kappa shape index (κ2) is 8.54. The number of benzene rings is 2. The molecule has 3 rings (SSSR count). The zero-order valence-electron chi connectivity index (χ0n) is 13.9. The molecule has 1 aliphatic rings. The molecule has 0 N–H and O–H groups in total. The smallest absolute Gasteiger partial charge is 0.243 e. The van der Waals surface area contributed by atoms with Gasteiger partial charge in [0.2, 0.25) is 10.0 Å². The van der Waals surface area contributed by atoms with Crippen molar-refractivity contribution in [2.75, 3.05) is 32.1 Å². The predicted molar refractivity (Wildman–Crippen MR) is 103 cm³/mol. The number of carbonyl (C=O) groups excluding carboxylic acids is 1. The molecular weight excluding hydrogens is 394 g/mol. The van der Waals surface area contributed by atoms with Gasteiger partial charge in [-0.05, 0) is 36.4 Å². The van der Waals surface area contributed by atoms with Gasteiger partial charge in [0.05, 0.1) is 23.9 Å². The number of thioether (sulfide) groups is 1. The summed E-state index contributed by atoms with van der Waals surface area (Å²) in [4.78, 5) is 13.5. The zero-order valence-corrected chi connectivity index (χ0v) is 16.3. The number of ketones is 1. The van der Waals surface area contributed by atoms with Crippen molar-refractivity contribution < 1.29 is 17.9 Å². The van der Waals surface area contributed by atoms with Gasteiger partial charge in [-0.1, -0.05) is 23.7 Å². The number of morpholine rings is 1. The van der Waals surface area contributed by atoms with Crippen LogP contribution in [0.1, 0.15) is 10.4 Å². The van der Waals surface area contributed by atoms with Crippen molar-refractivity contribution in [2.24, 2.45) is 0 Å². The van der Waals surface area contributed by atoms with Crippen molar-refractivity contribution in [3.63, 3.8) is 0 Å². The van der Waals surface area contributed by atoms with Crippen molar-refractivity contribution >= 4 is 39.2 Å². The summed E-state index contributed by atoms with van der Waals surface area (Å²) >= 11 is 7.26. The molecule has 0 aliphatic carbocycles. The number of hydrogen-bond donors (Lipinski definition) is 0. The number of Topliss-reactive ketones (excluding diaryl/α,β-unsaturated/α-hetero) is 1. The van der Waals surface area contributed by atoms with Crippen molar-refractivity contribution in [3.8, 4) is 0 Å². The van der Waals surface area contributed by atoms with E-state index in [0.29, 0.717) is 36.9 Å². The maximum absolute atomic E-state index is 12.6. The molecule has 2 aromatic carbocycles. The zero-order chi connectivity index (χ0) is 18.6. The predicted octanol–water partition coefficient (Wildman–Crippen LogP) is 3.34. The SMILES string of the molecule is O=C(CSc1ccc(Cl)cc1)c1ccc(S(=O)(=O)N2CCOCC2)cc1. The Balaban J connectivity index is 1.64. The average molecular weight is 412 g/mol. The minimum Gasteiger partial charge on any atom is -0.379 e. The van der Waals surface area contributed by atoms with Gasteiger partial charge in [-0.15, -0.1) is 11.8 Å². The Hall–Kier alpha value is -1.38. The lowest BCUT2D eigenvalue weighted by molar-refractivity contribution is 0.0730. The topological polar surface area (TPSA) is 63.7 Å². The Kier molecular flexibility index (Phi) is 6.37. The highest BCUT2D eigenvalue weighted by atomic mass is 35.5. The Labute approximate surface area is 162 Å². The van der Waals surface area contributed by atoms with Crippen molar-refractivity contribution in [1.82, 2.24) is 4.31 Å². The first-order valence-corrected chi connectivity index (χ1v) is 10.9. The highest BCUT2D eigenvalue weighted by Crippen LogP contribution is 2.22. The van der Waals surface area contributed by atoms with E-state index in [1.54, 1.807) is 24.3 Å². The lowest BCUT2D eigenvalue weighted by Gasteiger charge is -2.26. The number of nitrogens with zero attached hydrogens (tertiary/aromatic N) is 1. The Bertz CT molecular complexity index is 861. The highest BCUT2D eigenvalue weighted by molar-refractivity contribution is 8.00. The molecule has 138 valence electrons. The monoisotopic (exact) mass is 411 g/mol. The molecule has 8 heteroatoms. The van der Waals surface area contributed by atoms with Crippen LogP contribution in [0.2, 0.25) is 5.02 Å². The molecule has 0 amide bonds. The van der Waals surface area contributed by atoms with Crippen LogP contribution in [-0.2, 0) is 14.8 Å². The molecule has 0 aromatic heterocycles. The summed E-state index contributed by atoms with van der Waals surface area (Å²) in [6.07, 6.45) is 0. The van der Waals surface area contributed by atoms with E-state index in [9.17, 15) is 13.2 Å². The lowest BCUT2D eigenvalue weighted by Crippen LogP contribution is -2.40. The quantitative estimate of drug-likeness (QED) is 0.539. The molecule has 0 saturated carbocycles. The molecule has 0 unspecified atom stereocenters. The molecule has 5 nitrogen and oxygen atoms in total. The molecule has 1 heterocycles. The van der Waals surface area contributed by atoms with Crippen LogP contribution in [0.5, 0.6) is 0 Å². The molecule has 0 atom stereocenters. The fourth-order valence-corrected chi connectivity index (χ4v) is 4.84. The molecule has 0 spiro atoms. The second-order valence-electron chi connectivity index (χ2n) is 5.71. The van der Waals surface area contributed by atoms with Crippen molar-refractivity contribution in [2.45, 2.75) is 9.79 Å². The van der Waals surface area contributed by atoms with Crippen LogP contribution in [0, 0.1) is 0 Å². The molecule has 26 heavy (non-hydrogen) atoms. The molecule has 0 bridgehead atoms. The molecule has 1 saturated heterocycles. The van der Waals surface area contributed by atoms with Gasteiger partial charge in [0.1, 0.15) is 0 Å². The first-order valence-electron chi connectivity index (χ1n) is 8.06. The first kappa shape index (κ1) is 19.4. The Morgan fingerprint density at radius 1 is 1.04 bits per heavy atom.